The SMILES string of the molecule is Cc1ccc(N2CCN(C(=O)C(C)Oc3cccc(CO)c3)CC2=O)cc1. The predicted molar refractivity (Wildman–Crippen MR) is 103 cm³/mol. The zero-order valence-electron chi connectivity index (χ0n) is 15.6. The molecule has 27 heavy (non-hydrogen) atoms. The summed E-state index contributed by atoms with van der Waals surface area (Å²) in [5.74, 6) is 0.196. The first-order chi connectivity index (χ1) is 13.0. The first kappa shape index (κ1) is 18.9. The number of ether oxygens (including phenoxy) is 1. The molecule has 0 aliphatic carbocycles. The highest BCUT2D eigenvalue weighted by molar-refractivity contribution is 5.98. The van der Waals surface area contributed by atoms with Gasteiger partial charge in [0, 0.05) is 18.8 Å². The van der Waals surface area contributed by atoms with Gasteiger partial charge in [0.2, 0.25) is 5.91 Å². The minimum atomic E-state index is -0.710. The highest BCUT2D eigenvalue weighted by Gasteiger charge is 2.31. The van der Waals surface area contributed by atoms with E-state index in [1.165, 1.54) is 4.90 Å². The van der Waals surface area contributed by atoms with Crippen molar-refractivity contribution in [3.63, 3.8) is 0 Å². The summed E-state index contributed by atoms with van der Waals surface area (Å²) >= 11 is 0. The maximum absolute atomic E-state index is 12.7. The maximum atomic E-state index is 12.7. The van der Waals surface area contributed by atoms with Gasteiger partial charge in [-0.1, -0.05) is 29.8 Å². The fraction of sp³-hybridized carbons (Fsp3) is 0.333. The molecule has 1 N–H and O–H groups in total. The Kier molecular flexibility index (Phi) is 5.76. The normalized spacial score (nSPS) is 15.6. The molecule has 0 aromatic heterocycles. The topological polar surface area (TPSA) is 70.1 Å². The number of aliphatic hydroxyl groups is 1. The van der Waals surface area contributed by atoms with Gasteiger partial charge in [-0.05, 0) is 43.7 Å². The third kappa shape index (κ3) is 4.46. The number of aryl methyl sites for hydroxylation is 1. The average molecular weight is 368 g/mol. The van der Waals surface area contributed by atoms with Crippen molar-refractivity contribution in [1.82, 2.24) is 4.90 Å². The number of benzene rings is 2. The quantitative estimate of drug-likeness (QED) is 0.878. The molecule has 1 aliphatic rings. The molecule has 2 amide bonds. The minimum Gasteiger partial charge on any atom is -0.481 e. The average Bonchev–Trinajstić information content (AvgIpc) is 2.68. The number of piperazine rings is 1. The minimum absolute atomic E-state index is 0.0388. The highest BCUT2D eigenvalue weighted by Crippen LogP contribution is 2.20. The van der Waals surface area contributed by atoms with E-state index in [0.29, 0.717) is 24.4 Å². The largest absolute Gasteiger partial charge is 0.481 e. The smallest absolute Gasteiger partial charge is 0.263 e. The molecule has 2 aromatic rings. The maximum Gasteiger partial charge on any atom is 0.263 e. The number of hydrogen-bond acceptors (Lipinski definition) is 4. The molecular weight excluding hydrogens is 344 g/mol. The van der Waals surface area contributed by atoms with Crippen molar-refractivity contribution in [3.8, 4) is 5.75 Å². The van der Waals surface area contributed by atoms with Crippen LogP contribution in [0, 0.1) is 6.92 Å². The van der Waals surface area contributed by atoms with Crippen molar-refractivity contribution >= 4 is 17.5 Å². The van der Waals surface area contributed by atoms with Gasteiger partial charge in [-0.25, -0.2) is 0 Å². The molecule has 0 saturated carbocycles. The third-order valence-electron chi connectivity index (χ3n) is 4.62. The summed E-state index contributed by atoms with van der Waals surface area (Å²) in [7, 11) is 0. The molecule has 0 spiro atoms. The molecule has 6 heteroatoms. The summed E-state index contributed by atoms with van der Waals surface area (Å²) < 4.78 is 5.70. The molecule has 1 unspecified atom stereocenters. The Labute approximate surface area is 159 Å². The van der Waals surface area contributed by atoms with E-state index in [2.05, 4.69) is 0 Å². The molecule has 0 radical (unpaired) electrons. The number of aliphatic hydroxyl groups excluding tert-OH is 1. The van der Waals surface area contributed by atoms with Crippen LogP contribution in [0.5, 0.6) is 5.75 Å². The van der Waals surface area contributed by atoms with E-state index in [9.17, 15) is 14.7 Å². The van der Waals surface area contributed by atoms with Crippen LogP contribution < -0.4 is 9.64 Å². The molecule has 2 aromatic carbocycles. The molecule has 3 rings (SSSR count). The third-order valence-corrected chi connectivity index (χ3v) is 4.62. The van der Waals surface area contributed by atoms with E-state index in [0.717, 1.165) is 11.3 Å². The number of anilines is 1. The number of rotatable bonds is 5. The first-order valence-corrected chi connectivity index (χ1v) is 9.00. The summed E-state index contributed by atoms with van der Waals surface area (Å²) in [6.45, 7) is 4.54. The zero-order chi connectivity index (χ0) is 19.4. The zero-order valence-corrected chi connectivity index (χ0v) is 15.6. The van der Waals surface area contributed by atoms with Gasteiger partial charge in [0.25, 0.3) is 5.91 Å². The summed E-state index contributed by atoms with van der Waals surface area (Å²) in [5.41, 5.74) is 2.70. The van der Waals surface area contributed by atoms with E-state index in [-0.39, 0.29) is 25.0 Å². The Morgan fingerprint density at radius 2 is 1.93 bits per heavy atom. The number of carbonyl (C=O) groups excluding carboxylic acids is 2. The van der Waals surface area contributed by atoms with Crippen molar-refractivity contribution in [2.75, 3.05) is 24.5 Å². The van der Waals surface area contributed by atoms with Crippen LogP contribution in [0.15, 0.2) is 48.5 Å². The second-order valence-electron chi connectivity index (χ2n) is 6.71. The van der Waals surface area contributed by atoms with E-state index in [4.69, 9.17) is 4.74 Å². The van der Waals surface area contributed by atoms with E-state index < -0.39 is 6.10 Å². The summed E-state index contributed by atoms with van der Waals surface area (Å²) in [6, 6.07) is 14.8. The molecule has 0 bridgehead atoms. The van der Waals surface area contributed by atoms with Crippen LogP contribution in [0.25, 0.3) is 0 Å². The summed E-state index contributed by atoms with van der Waals surface area (Å²) in [4.78, 5) is 28.4. The number of hydrogen-bond donors (Lipinski definition) is 1. The summed E-state index contributed by atoms with van der Waals surface area (Å²) in [6.07, 6.45) is -0.710. The number of carbonyl (C=O) groups is 2. The standard InChI is InChI=1S/C21H24N2O4/c1-15-6-8-18(9-7-15)23-11-10-22(13-20(23)25)21(26)16(2)27-19-5-3-4-17(12-19)14-24/h3-9,12,16,24H,10-11,13-14H2,1-2H3. The summed E-state index contributed by atoms with van der Waals surface area (Å²) in [5, 5.41) is 9.20. The lowest BCUT2D eigenvalue weighted by Gasteiger charge is -2.35. The van der Waals surface area contributed by atoms with Crippen LogP contribution in [-0.4, -0.2) is 47.6 Å². The second kappa shape index (κ2) is 8.22. The van der Waals surface area contributed by atoms with Gasteiger partial charge >= 0.3 is 0 Å². The Hall–Kier alpha value is -2.86. The molecular formula is C21H24N2O4. The van der Waals surface area contributed by atoms with E-state index in [1.54, 1.807) is 36.1 Å². The number of nitrogens with zero attached hydrogens (tertiary/aromatic N) is 2. The lowest BCUT2D eigenvalue weighted by atomic mass is 10.2. The molecule has 6 nitrogen and oxygen atoms in total. The highest BCUT2D eigenvalue weighted by atomic mass is 16.5. The Morgan fingerprint density at radius 3 is 2.59 bits per heavy atom. The number of amides is 2. The van der Waals surface area contributed by atoms with Crippen LogP contribution >= 0.6 is 0 Å². The van der Waals surface area contributed by atoms with Crippen LogP contribution in [0.4, 0.5) is 5.69 Å². The van der Waals surface area contributed by atoms with Crippen LogP contribution in [0.2, 0.25) is 0 Å². The molecule has 1 fully saturated rings. The van der Waals surface area contributed by atoms with Crippen molar-refractivity contribution in [2.24, 2.45) is 0 Å². The van der Waals surface area contributed by atoms with Crippen LogP contribution in [-0.2, 0) is 16.2 Å². The van der Waals surface area contributed by atoms with Gasteiger partial charge in [0.05, 0.1) is 6.61 Å². The predicted octanol–water partition coefficient (Wildman–Crippen LogP) is 2.13. The van der Waals surface area contributed by atoms with Gasteiger partial charge in [0.15, 0.2) is 6.10 Å². The van der Waals surface area contributed by atoms with Crippen molar-refractivity contribution < 1.29 is 19.4 Å². The molecule has 1 heterocycles. The van der Waals surface area contributed by atoms with Crippen molar-refractivity contribution in [3.05, 3.63) is 59.7 Å². The lowest BCUT2D eigenvalue weighted by molar-refractivity contribution is -0.142. The monoisotopic (exact) mass is 368 g/mol. The lowest BCUT2D eigenvalue weighted by Crippen LogP contribution is -2.54. The van der Waals surface area contributed by atoms with Gasteiger partial charge in [-0.2, -0.15) is 0 Å². The van der Waals surface area contributed by atoms with Gasteiger partial charge < -0.3 is 19.6 Å². The fourth-order valence-electron chi connectivity index (χ4n) is 3.09. The van der Waals surface area contributed by atoms with Gasteiger partial charge in [-0.15, -0.1) is 0 Å². The first-order valence-electron chi connectivity index (χ1n) is 9.00. The molecule has 1 saturated heterocycles. The van der Waals surface area contributed by atoms with Crippen molar-refractivity contribution in [2.45, 2.75) is 26.6 Å². The Bertz CT molecular complexity index is 819. The van der Waals surface area contributed by atoms with Crippen LogP contribution in [0.3, 0.4) is 0 Å². The Balaban J connectivity index is 1.61. The van der Waals surface area contributed by atoms with Crippen molar-refractivity contribution in [1.29, 1.82) is 0 Å². The van der Waals surface area contributed by atoms with Gasteiger partial charge in [0.1, 0.15) is 12.3 Å². The molecule has 1 atom stereocenters. The van der Waals surface area contributed by atoms with Gasteiger partial charge in [-0.3, -0.25) is 9.59 Å². The Morgan fingerprint density at radius 1 is 1.19 bits per heavy atom. The van der Waals surface area contributed by atoms with Crippen LogP contribution in [0.1, 0.15) is 18.1 Å². The van der Waals surface area contributed by atoms with E-state index >= 15 is 0 Å². The van der Waals surface area contributed by atoms with E-state index in [1.807, 2.05) is 31.2 Å². The second-order valence-corrected chi connectivity index (χ2v) is 6.71. The fourth-order valence-corrected chi connectivity index (χ4v) is 3.09. The molecule has 1 aliphatic heterocycles. The molecule has 142 valence electrons.